The Kier molecular flexibility index (Phi) is 6.78. The number of carbonyl (C=O) groups excluding carboxylic acids is 2. The Bertz CT molecular complexity index is 974. The lowest BCUT2D eigenvalue weighted by atomic mass is 10.1. The van der Waals surface area contributed by atoms with Crippen molar-refractivity contribution in [3.63, 3.8) is 0 Å². The highest BCUT2D eigenvalue weighted by Crippen LogP contribution is 2.28. The first kappa shape index (κ1) is 21.9. The molecular formula is C24H29N3O5. The fourth-order valence-electron chi connectivity index (χ4n) is 4.23. The molecule has 0 radical (unpaired) electrons. The maximum atomic E-state index is 13.1. The molecule has 2 amide bonds. The van der Waals surface area contributed by atoms with Gasteiger partial charge < -0.3 is 24.0 Å². The summed E-state index contributed by atoms with van der Waals surface area (Å²) in [6.45, 7) is 2.51. The first-order chi connectivity index (χ1) is 15.6. The molecule has 8 heteroatoms. The van der Waals surface area contributed by atoms with Gasteiger partial charge in [-0.25, -0.2) is 4.98 Å². The van der Waals surface area contributed by atoms with Crippen LogP contribution in [0.4, 0.5) is 0 Å². The lowest BCUT2D eigenvalue weighted by Gasteiger charge is -2.27. The van der Waals surface area contributed by atoms with Crippen molar-refractivity contribution in [3.8, 4) is 17.4 Å². The van der Waals surface area contributed by atoms with Crippen LogP contribution in [0.1, 0.15) is 46.4 Å². The van der Waals surface area contributed by atoms with E-state index in [0.29, 0.717) is 48.0 Å². The minimum atomic E-state index is -0.231. The molecule has 3 heterocycles. The smallest absolute Gasteiger partial charge is 0.259 e. The highest BCUT2D eigenvalue weighted by atomic mass is 16.5. The average molecular weight is 440 g/mol. The third-order valence-electron chi connectivity index (χ3n) is 5.99. The first-order valence-corrected chi connectivity index (χ1v) is 11.0. The van der Waals surface area contributed by atoms with Gasteiger partial charge >= 0.3 is 0 Å². The van der Waals surface area contributed by atoms with Crippen LogP contribution < -0.4 is 14.2 Å². The molecule has 170 valence electrons. The van der Waals surface area contributed by atoms with E-state index in [9.17, 15) is 9.59 Å². The summed E-state index contributed by atoms with van der Waals surface area (Å²) in [5, 5.41) is 0. The Morgan fingerprint density at radius 2 is 1.72 bits per heavy atom. The van der Waals surface area contributed by atoms with Gasteiger partial charge in [0.2, 0.25) is 5.88 Å². The molecule has 2 fully saturated rings. The number of ether oxygens (including phenoxy) is 3. The molecule has 1 atom stereocenters. The van der Waals surface area contributed by atoms with Crippen LogP contribution >= 0.6 is 0 Å². The number of methoxy groups -OCH3 is 2. The number of piperidine rings is 1. The third kappa shape index (κ3) is 4.64. The van der Waals surface area contributed by atoms with Crippen molar-refractivity contribution in [3.05, 3.63) is 47.7 Å². The molecule has 4 rings (SSSR count). The minimum absolute atomic E-state index is 0.0401. The van der Waals surface area contributed by atoms with Crippen molar-refractivity contribution < 1.29 is 23.8 Å². The highest BCUT2D eigenvalue weighted by molar-refractivity contribution is 5.97. The molecular weight excluding hydrogens is 410 g/mol. The molecule has 1 aromatic carbocycles. The maximum Gasteiger partial charge on any atom is 0.259 e. The molecule has 2 aliphatic heterocycles. The predicted molar refractivity (Wildman–Crippen MR) is 118 cm³/mol. The van der Waals surface area contributed by atoms with Gasteiger partial charge in [-0.15, -0.1) is 0 Å². The molecule has 2 saturated heterocycles. The van der Waals surface area contributed by atoms with Crippen molar-refractivity contribution in [2.45, 2.75) is 31.8 Å². The van der Waals surface area contributed by atoms with Gasteiger partial charge in [-0.2, -0.15) is 0 Å². The SMILES string of the molecule is COc1ccc(C(=O)N2CCC(Oc3ncccc3C(=O)N3CCCCC3)C2)c(OC)c1. The van der Waals surface area contributed by atoms with Crippen LogP contribution in [0.15, 0.2) is 36.5 Å². The largest absolute Gasteiger partial charge is 0.497 e. The summed E-state index contributed by atoms with van der Waals surface area (Å²) in [6, 6.07) is 8.67. The number of carbonyl (C=O) groups is 2. The van der Waals surface area contributed by atoms with E-state index in [0.717, 1.165) is 32.4 Å². The van der Waals surface area contributed by atoms with Crippen LogP contribution in [-0.4, -0.2) is 73.1 Å². The highest BCUT2D eigenvalue weighted by Gasteiger charge is 2.31. The third-order valence-corrected chi connectivity index (χ3v) is 5.99. The molecule has 0 aliphatic carbocycles. The zero-order valence-corrected chi connectivity index (χ0v) is 18.6. The quantitative estimate of drug-likeness (QED) is 0.688. The van der Waals surface area contributed by atoms with Gasteiger partial charge in [0.1, 0.15) is 23.2 Å². The monoisotopic (exact) mass is 439 g/mol. The second-order valence-electron chi connectivity index (χ2n) is 8.05. The van der Waals surface area contributed by atoms with Gasteiger partial charge in [-0.3, -0.25) is 9.59 Å². The van der Waals surface area contributed by atoms with Gasteiger partial charge in [0.15, 0.2) is 0 Å². The van der Waals surface area contributed by atoms with E-state index in [1.807, 2.05) is 4.90 Å². The van der Waals surface area contributed by atoms with Gasteiger partial charge in [-0.05, 0) is 43.5 Å². The zero-order valence-electron chi connectivity index (χ0n) is 18.6. The molecule has 2 aromatic rings. The summed E-state index contributed by atoms with van der Waals surface area (Å²) in [5.41, 5.74) is 0.962. The Hall–Kier alpha value is -3.29. The summed E-state index contributed by atoms with van der Waals surface area (Å²) in [4.78, 5) is 34.0. The van der Waals surface area contributed by atoms with E-state index in [2.05, 4.69) is 4.98 Å². The molecule has 0 N–H and O–H groups in total. The van der Waals surface area contributed by atoms with Gasteiger partial charge in [0.25, 0.3) is 11.8 Å². The Labute approximate surface area is 188 Å². The van der Waals surface area contributed by atoms with E-state index in [1.54, 1.807) is 48.5 Å². The minimum Gasteiger partial charge on any atom is -0.497 e. The average Bonchev–Trinajstić information content (AvgIpc) is 3.32. The molecule has 8 nitrogen and oxygen atoms in total. The van der Waals surface area contributed by atoms with Crippen LogP contribution in [0.25, 0.3) is 0 Å². The van der Waals surface area contributed by atoms with Gasteiger partial charge in [0, 0.05) is 38.3 Å². The van der Waals surface area contributed by atoms with E-state index in [-0.39, 0.29) is 17.9 Å². The summed E-state index contributed by atoms with van der Waals surface area (Å²) in [5.74, 6) is 1.27. The molecule has 0 saturated carbocycles. The summed E-state index contributed by atoms with van der Waals surface area (Å²) in [6.07, 6.45) is 5.27. The van der Waals surface area contributed by atoms with Crippen LogP contribution in [0.3, 0.4) is 0 Å². The molecule has 0 spiro atoms. The van der Waals surface area contributed by atoms with Crippen molar-refractivity contribution in [1.82, 2.24) is 14.8 Å². The summed E-state index contributed by atoms with van der Waals surface area (Å²) >= 11 is 0. The number of rotatable bonds is 6. The number of likely N-dealkylation sites (tertiary alicyclic amines) is 2. The first-order valence-electron chi connectivity index (χ1n) is 11.0. The standard InChI is InChI=1S/C24H29N3O5/c1-30-17-8-9-19(21(15-17)31-2)23(28)27-14-10-18(16-27)32-22-20(7-6-11-25-22)24(29)26-12-4-3-5-13-26/h6-9,11,15,18H,3-5,10,12-14,16H2,1-2H3. The summed E-state index contributed by atoms with van der Waals surface area (Å²) in [7, 11) is 3.10. The molecule has 1 unspecified atom stereocenters. The Morgan fingerprint density at radius 3 is 2.47 bits per heavy atom. The normalized spacial score (nSPS) is 18.4. The van der Waals surface area contributed by atoms with E-state index < -0.39 is 0 Å². The number of hydrogen-bond acceptors (Lipinski definition) is 6. The fraction of sp³-hybridized carbons (Fsp3) is 0.458. The lowest BCUT2D eigenvalue weighted by Crippen LogP contribution is -2.36. The Morgan fingerprint density at radius 1 is 0.938 bits per heavy atom. The van der Waals surface area contributed by atoms with Crippen molar-refractivity contribution in [2.75, 3.05) is 40.4 Å². The molecule has 2 aliphatic rings. The van der Waals surface area contributed by atoms with Crippen LogP contribution in [0.2, 0.25) is 0 Å². The number of amides is 2. The number of nitrogens with zero attached hydrogens (tertiary/aromatic N) is 3. The molecule has 1 aromatic heterocycles. The topological polar surface area (TPSA) is 81.2 Å². The lowest BCUT2D eigenvalue weighted by molar-refractivity contribution is 0.0708. The zero-order chi connectivity index (χ0) is 22.5. The number of pyridine rings is 1. The van der Waals surface area contributed by atoms with E-state index in [1.165, 1.54) is 7.11 Å². The van der Waals surface area contributed by atoms with Crippen LogP contribution in [0, 0.1) is 0 Å². The number of hydrogen-bond donors (Lipinski definition) is 0. The van der Waals surface area contributed by atoms with Crippen molar-refractivity contribution >= 4 is 11.8 Å². The van der Waals surface area contributed by atoms with Gasteiger partial charge in [-0.1, -0.05) is 0 Å². The summed E-state index contributed by atoms with van der Waals surface area (Å²) < 4.78 is 16.7. The fourth-order valence-corrected chi connectivity index (χ4v) is 4.23. The van der Waals surface area contributed by atoms with Crippen molar-refractivity contribution in [1.29, 1.82) is 0 Å². The van der Waals surface area contributed by atoms with Gasteiger partial charge in [0.05, 0.1) is 26.3 Å². The van der Waals surface area contributed by atoms with Crippen LogP contribution in [0.5, 0.6) is 17.4 Å². The second kappa shape index (κ2) is 9.89. The van der Waals surface area contributed by atoms with Crippen molar-refractivity contribution in [2.24, 2.45) is 0 Å². The van der Waals surface area contributed by atoms with E-state index in [4.69, 9.17) is 14.2 Å². The Balaban J connectivity index is 1.44. The van der Waals surface area contributed by atoms with E-state index >= 15 is 0 Å². The number of benzene rings is 1. The second-order valence-corrected chi connectivity index (χ2v) is 8.05. The maximum absolute atomic E-state index is 13.1. The predicted octanol–water partition coefficient (Wildman–Crippen LogP) is 3.02. The number of aromatic nitrogens is 1. The molecule has 0 bridgehead atoms. The van der Waals surface area contributed by atoms with Crippen LogP contribution in [-0.2, 0) is 0 Å². The molecule has 32 heavy (non-hydrogen) atoms.